The zero-order valence-corrected chi connectivity index (χ0v) is 14.5. The van der Waals surface area contributed by atoms with Gasteiger partial charge in [0.05, 0.1) is 5.92 Å². The van der Waals surface area contributed by atoms with E-state index in [4.69, 9.17) is 4.74 Å². The molecule has 4 aliphatic carbocycles. The van der Waals surface area contributed by atoms with E-state index in [-0.39, 0.29) is 17.5 Å². The minimum absolute atomic E-state index is 0.0404. The van der Waals surface area contributed by atoms with E-state index in [2.05, 4.69) is 27.7 Å². The smallest absolute Gasteiger partial charge is 0.309 e. The summed E-state index contributed by atoms with van der Waals surface area (Å²) < 4.78 is 6.20. The van der Waals surface area contributed by atoms with Crippen molar-refractivity contribution in [2.45, 2.75) is 85.2 Å². The predicted octanol–water partition coefficient (Wildman–Crippen LogP) is 4.96. The fraction of sp³-hybridized carbons (Fsp3) is 0.947. The van der Waals surface area contributed by atoms with Gasteiger partial charge < -0.3 is 4.74 Å². The Hall–Kier alpha value is -0.530. The molecule has 0 aromatic heterocycles. The molecule has 21 heavy (non-hydrogen) atoms. The molecule has 3 atom stereocenters. The Kier molecular flexibility index (Phi) is 3.46. The first-order valence-electron chi connectivity index (χ1n) is 8.86. The van der Waals surface area contributed by atoms with Crippen LogP contribution in [0, 0.1) is 28.6 Å². The number of carbonyl (C=O) groups excluding carboxylic acids is 1. The van der Waals surface area contributed by atoms with Gasteiger partial charge in [0.15, 0.2) is 0 Å². The van der Waals surface area contributed by atoms with Crippen molar-refractivity contribution in [1.29, 1.82) is 0 Å². The summed E-state index contributed by atoms with van der Waals surface area (Å²) in [7, 11) is 0. The molecule has 0 spiro atoms. The van der Waals surface area contributed by atoms with Crippen molar-refractivity contribution in [3.05, 3.63) is 0 Å². The Bertz CT molecular complexity index is 421. The number of carbonyl (C=O) groups is 1. The molecule has 0 aliphatic heterocycles. The monoisotopic (exact) mass is 292 g/mol. The van der Waals surface area contributed by atoms with E-state index in [1.807, 2.05) is 6.92 Å². The van der Waals surface area contributed by atoms with Crippen LogP contribution in [0.2, 0.25) is 0 Å². The lowest BCUT2D eigenvalue weighted by Crippen LogP contribution is -2.60. The third-order valence-electron chi connectivity index (χ3n) is 6.12. The van der Waals surface area contributed by atoms with Crippen LogP contribution in [0.25, 0.3) is 0 Å². The summed E-state index contributed by atoms with van der Waals surface area (Å²) in [6.07, 6.45) is 8.30. The van der Waals surface area contributed by atoms with Gasteiger partial charge in [0.2, 0.25) is 0 Å². The first-order valence-corrected chi connectivity index (χ1v) is 8.86. The lowest BCUT2D eigenvalue weighted by Gasteiger charge is -2.64. The fourth-order valence-electron chi connectivity index (χ4n) is 6.57. The first-order chi connectivity index (χ1) is 9.63. The summed E-state index contributed by atoms with van der Waals surface area (Å²) in [6.45, 7) is 11.2. The third kappa shape index (κ3) is 2.87. The summed E-state index contributed by atoms with van der Waals surface area (Å²) in [6, 6.07) is 0. The molecule has 3 unspecified atom stereocenters. The van der Waals surface area contributed by atoms with Crippen LogP contribution in [-0.4, -0.2) is 11.6 Å². The zero-order valence-electron chi connectivity index (χ0n) is 14.5. The maximum Gasteiger partial charge on any atom is 0.309 e. The van der Waals surface area contributed by atoms with E-state index in [1.54, 1.807) is 0 Å². The Morgan fingerprint density at radius 1 is 1.05 bits per heavy atom. The summed E-state index contributed by atoms with van der Waals surface area (Å²) in [5, 5.41) is 0. The third-order valence-corrected chi connectivity index (χ3v) is 6.12. The molecule has 0 aromatic rings. The molecule has 2 heteroatoms. The van der Waals surface area contributed by atoms with Crippen LogP contribution in [0.15, 0.2) is 0 Å². The summed E-state index contributed by atoms with van der Waals surface area (Å²) >= 11 is 0. The van der Waals surface area contributed by atoms with Gasteiger partial charge in [-0.1, -0.05) is 34.6 Å². The van der Waals surface area contributed by atoms with Gasteiger partial charge in [-0.3, -0.25) is 4.79 Å². The second-order valence-corrected chi connectivity index (χ2v) is 9.76. The van der Waals surface area contributed by atoms with E-state index >= 15 is 0 Å². The van der Waals surface area contributed by atoms with Crippen LogP contribution < -0.4 is 0 Å². The average Bonchev–Trinajstić information content (AvgIpc) is 2.21. The van der Waals surface area contributed by atoms with E-state index in [0.29, 0.717) is 16.7 Å². The molecule has 4 saturated carbocycles. The van der Waals surface area contributed by atoms with Crippen LogP contribution >= 0.6 is 0 Å². The molecule has 0 N–H and O–H groups in total. The van der Waals surface area contributed by atoms with Crippen molar-refractivity contribution in [2.24, 2.45) is 28.6 Å². The number of ether oxygens (including phenoxy) is 1. The van der Waals surface area contributed by atoms with E-state index < -0.39 is 0 Å². The molecule has 0 aromatic carbocycles. The van der Waals surface area contributed by atoms with Crippen molar-refractivity contribution < 1.29 is 9.53 Å². The van der Waals surface area contributed by atoms with Gasteiger partial charge in [0.1, 0.15) is 5.60 Å². The molecule has 0 radical (unpaired) electrons. The van der Waals surface area contributed by atoms with Gasteiger partial charge in [-0.25, -0.2) is 0 Å². The molecule has 4 rings (SSSR count). The number of hydrogen-bond acceptors (Lipinski definition) is 2. The summed E-state index contributed by atoms with van der Waals surface area (Å²) in [5.74, 6) is 1.43. The van der Waals surface area contributed by atoms with Crippen LogP contribution in [0.4, 0.5) is 0 Å². The highest BCUT2D eigenvalue weighted by atomic mass is 16.6. The Balaban J connectivity index is 1.74. The lowest BCUT2D eigenvalue weighted by molar-refractivity contribution is -0.218. The largest absolute Gasteiger partial charge is 0.459 e. The second kappa shape index (κ2) is 4.73. The molecule has 0 amide bonds. The standard InChI is InChI=1S/C19H32O2/c1-13(2)6-14(3)16(20)21-19-9-15-7-17(4,11-19)10-18(5,8-15)12-19/h13-15H,6-12H2,1-5H3. The maximum atomic E-state index is 12.5. The molecule has 2 nitrogen and oxygen atoms in total. The summed E-state index contributed by atoms with van der Waals surface area (Å²) in [4.78, 5) is 12.5. The molecule has 4 bridgehead atoms. The second-order valence-electron chi connectivity index (χ2n) is 9.76. The number of rotatable bonds is 4. The number of esters is 1. The molecule has 4 fully saturated rings. The molecule has 0 saturated heterocycles. The Labute approximate surface area is 130 Å². The van der Waals surface area contributed by atoms with Crippen LogP contribution in [0.5, 0.6) is 0 Å². The fourth-order valence-corrected chi connectivity index (χ4v) is 6.57. The predicted molar refractivity (Wildman–Crippen MR) is 84.8 cm³/mol. The van der Waals surface area contributed by atoms with E-state index in [0.717, 1.165) is 31.6 Å². The van der Waals surface area contributed by atoms with Gasteiger partial charge in [-0.05, 0) is 67.6 Å². The minimum atomic E-state index is -0.134. The first kappa shape index (κ1) is 15.4. The Morgan fingerprint density at radius 3 is 2.10 bits per heavy atom. The molecular formula is C19H32O2. The topological polar surface area (TPSA) is 26.3 Å². The van der Waals surface area contributed by atoms with Gasteiger partial charge in [0, 0.05) is 0 Å². The van der Waals surface area contributed by atoms with Gasteiger partial charge >= 0.3 is 5.97 Å². The van der Waals surface area contributed by atoms with Crippen molar-refractivity contribution >= 4 is 5.97 Å². The van der Waals surface area contributed by atoms with Crippen molar-refractivity contribution in [3.63, 3.8) is 0 Å². The Morgan fingerprint density at radius 2 is 1.62 bits per heavy atom. The van der Waals surface area contributed by atoms with Crippen molar-refractivity contribution in [3.8, 4) is 0 Å². The summed E-state index contributed by atoms with van der Waals surface area (Å²) in [5.41, 5.74) is 0.691. The minimum Gasteiger partial charge on any atom is -0.459 e. The highest BCUT2D eigenvalue weighted by Gasteiger charge is 2.61. The highest BCUT2D eigenvalue weighted by molar-refractivity contribution is 5.72. The average molecular weight is 292 g/mol. The SMILES string of the molecule is CC(C)CC(C)C(=O)OC12CC3CC(C)(CC(C)(C3)C1)C2. The van der Waals surface area contributed by atoms with Crippen LogP contribution in [-0.2, 0) is 9.53 Å². The lowest BCUT2D eigenvalue weighted by atomic mass is 9.43. The van der Waals surface area contributed by atoms with Gasteiger partial charge in [0.25, 0.3) is 0 Å². The highest BCUT2D eigenvalue weighted by Crippen LogP contribution is 2.67. The van der Waals surface area contributed by atoms with Crippen molar-refractivity contribution in [2.75, 3.05) is 0 Å². The van der Waals surface area contributed by atoms with Crippen molar-refractivity contribution in [1.82, 2.24) is 0 Å². The molecule has 0 heterocycles. The van der Waals surface area contributed by atoms with Gasteiger partial charge in [-0.2, -0.15) is 0 Å². The zero-order chi connectivity index (χ0) is 15.5. The van der Waals surface area contributed by atoms with E-state index in [1.165, 1.54) is 19.3 Å². The molecule has 120 valence electrons. The van der Waals surface area contributed by atoms with Crippen LogP contribution in [0.3, 0.4) is 0 Å². The molecule has 4 aliphatic rings. The maximum absolute atomic E-state index is 12.5. The van der Waals surface area contributed by atoms with Crippen LogP contribution in [0.1, 0.15) is 79.6 Å². The molecular weight excluding hydrogens is 260 g/mol. The normalized spacial score (nSPS) is 45.9. The number of hydrogen-bond donors (Lipinski definition) is 0. The quantitative estimate of drug-likeness (QED) is 0.684. The van der Waals surface area contributed by atoms with Gasteiger partial charge in [-0.15, -0.1) is 0 Å². The van der Waals surface area contributed by atoms with E-state index in [9.17, 15) is 4.79 Å².